The van der Waals surface area contributed by atoms with Crippen LogP contribution in [0, 0.1) is 0 Å². The average Bonchev–Trinajstić information content (AvgIpc) is 2.78. The van der Waals surface area contributed by atoms with Crippen LogP contribution >= 0.6 is 0 Å². The molecule has 34 heavy (non-hydrogen) atoms. The molecule has 0 saturated heterocycles. The van der Waals surface area contributed by atoms with E-state index < -0.39 is 11.7 Å². The van der Waals surface area contributed by atoms with Crippen LogP contribution in [-0.4, -0.2) is 117 Å². The van der Waals surface area contributed by atoms with Crippen molar-refractivity contribution in [3.8, 4) is 0 Å². The molecule has 2 N–H and O–H groups in total. The van der Waals surface area contributed by atoms with Gasteiger partial charge in [-0.25, -0.2) is 4.79 Å². The van der Waals surface area contributed by atoms with Crippen molar-refractivity contribution in [3.63, 3.8) is 0 Å². The van der Waals surface area contributed by atoms with Gasteiger partial charge in [-0.3, -0.25) is 0 Å². The van der Waals surface area contributed by atoms with Crippen molar-refractivity contribution in [2.45, 2.75) is 26.4 Å². The van der Waals surface area contributed by atoms with E-state index in [2.05, 4.69) is 20.7 Å². The number of hydrogen-bond donors (Lipinski definition) is 2. The van der Waals surface area contributed by atoms with Gasteiger partial charge in [-0.1, -0.05) is 5.11 Å². The normalized spacial score (nSPS) is 11.3. The largest absolute Gasteiger partial charge is 0.444 e. The van der Waals surface area contributed by atoms with E-state index in [-0.39, 0.29) is 0 Å². The third kappa shape index (κ3) is 28.3. The van der Waals surface area contributed by atoms with Gasteiger partial charge >= 0.3 is 6.09 Å². The fraction of sp³-hybridized carbons (Fsp3) is 0.952. The Morgan fingerprint density at radius 3 is 1.56 bits per heavy atom. The van der Waals surface area contributed by atoms with Crippen LogP contribution in [0.25, 0.3) is 10.4 Å². The minimum Gasteiger partial charge on any atom is -0.444 e. The molecule has 0 atom stereocenters. The Kier molecular flexibility index (Phi) is 23.2. The number of hydrogen-bond acceptors (Lipinski definition) is 10. The lowest BCUT2D eigenvalue weighted by Gasteiger charge is -2.19. The summed E-state index contributed by atoms with van der Waals surface area (Å²) in [5.74, 6) is 0. The lowest BCUT2D eigenvalue weighted by atomic mass is 10.2. The topological polar surface area (TPSA) is 155 Å². The monoisotopic (exact) mass is 493 g/mol. The molecule has 0 aliphatic rings. The van der Waals surface area contributed by atoms with Crippen LogP contribution in [0.1, 0.15) is 20.8 Å². The molecular weight excluding hydrogens is 450 g/mol. The Labute approximate surface area is 202 Å². The van der Waals surface area contributed by atoms with E-state index >= 15 is 0 Å². The van der Waals surface area contributed by atoms with Crippen LogP contribution in [0.2, 0.25) is 0 Å². The number of alkyl carbamates (subject to hydrolysis) is 1. The molecule has 0 saturated carbocycles. The number of azide groups is 1. The summed E-state index contributed by atoms with van der Waals surface area (Å²) in [7, 11) is 0. The molecule has 0 aromatic carbocycles. The summed E-state index contributed by atoms with van der Waals surface area (Å²) in [6, 6.07) is 0. The van der Waals surface area contributed by atoms with Crippen molar-refractivity contribution in [3.05, 3.63) is 10.4 Å². The van der Waals surface area contributed by atoms with Crippen molar-refractivity contribution in [1.29, 1.82) is 0 Å². The molecule has 0 radical (unpaired) electrons. The molecule has 0 aromatic heterocycles. The van der Waals surface area contributed by atoms with Crippen molar-refractivity contribution in [2.24, 2.45) is 5.11 Å². The van der Waals surface area contributed by atoms with Gasteiger partial charge in [0.1, 0.15) is 5.60 Å². The number of carbonyl (C=O) groups is 1. The second kappa shape index (κ2) is 24.4. The summed E-state index contributed by atoms with van der Waals surface area (Å²) in [5, 5.41) is 9.22. The average molecular weight is 494 g/mol. The summed E-state index contributed by atoms with van der Waals surface area (Å²) in [5.41, 5.74) is 7.60. The Bertz CT molecular complexity index is 516. The highest BCUT2D eigenvalue weighted by Crippen LogP contribution is 2.05. The standard InChI is InChI=1S/C21H43N5O8/c1-21(2,3)34-20(27)24-6-10-30-14-18-32-16-12-28-8-4-23-5-9-29-13-17-33-19-15-31-11-7-25-26-22/h23H,4-19H2,1-3H3,(H,24,27). The fourth-order valence-corrected chi connectivity index (χ4v) is 2.19. The fourth-order valence-electron chi connectivity index (χ4n) is 2.19. The summed E-state index contributed by atoms with van der Waals surface area (Å²) in [6.07, 6.45) is -0.448. The van der Waals surface area contributed by atoms with Gasteiger partial charge in [0.05, 0.1) is 79.3 Å². The maximum Gasteiger partial charge on any atom is 0.407 e. The van der Waals surface area contributed by atoms with Crippen LogP contribution in [0.4, 0.5) is 4.79 Å². The first-order chi connectivity index (χ1) is 16.5. The maximum absolute atomic E-state index is 11.4. The molecule has 0 heterocycles. The quantitative estimate of drug-likeness (QED) is 0.0881. The highest BCUT2D eigenvalue weighted by Gasteiger charge is 2.15. The first kappa shape index (κ1) is 32.3. The van der Waals surface area contributed by atoms with E-state index in [0.717, 1.165) is 13.1 Å². The first-order valence-corrected chi connectivity index (χ1v) is 11.6. The molecule has 0 bridgehead atoms. The molecule has 0 unspecified atom stereocenters. The number of carbonyl (C=O) groups excluding carboxylic acids is 1. The van der Waals surface area contributed by atoms with Crippen molar-refractivity contribution >= 4 is 6.09 Å². The maximum atomic E-state index is 11.4. The van der Waals surface area contributed by atoms with Gasteiger partial charge in [0.15, 0.2) is 0 Å². The van der Waals surface area contributed by atoms with Crippen LogP contribution in [0.15, 0.2) is 5.11 Å². The number of amides is 1. The molecular formula is C21H43N5O8. The molecule has 0 aliphatic heterocycles. The minimum atomic E-state index is -0.504. The number of rotatable bonds is 24. The third-order valence-corrected chi connectivity index (χ3v) is 3.65. The summed E-state index contributed by atoms with van der Waals surface area (Å²) in [6.45, 7) is 13.6. The van der Waals surface area contributed by atoms with Gasteiger partial charge in [-0.2, -0.15) is 0 Å². The Morgan fingerprint density at radius 1 is 0.706 bits per heavy atom. The van der Waals surface area contributed by atoms with Gasteiger partial charge in [0, 0.05) is 31.1 Å². The third-order valence-electron chi connectivity index (χ3n) is 3.65. The summed E-state index contributed by atoms with van der Waals surface area (Å²) < 4.78 is 37.4. The molecule has 1 amide bonds. The second-order valence-electron chi connectivity index (χ2n) is 7.81. The van der Waals surface area contributed by atoms with Crippen molar-refractivity contribution in [1.82, 2.24) is 10.6 Å². The molecule has 0 rings (SSSR count). The number of nitrogens with one attached hydrogen (secondary N) is 2. The Balaban J connectivity index is 3.11. The highest BCUT2D eigenvalue weighted by atomic mass is 16.6. The highest BCUT2D eigenvalue weighted by molar-refractivity contribution is 5.67. The lowest BCUT2D eigenvalue weighted by molar-refractivity contribution is 0.0125. The van der Waals surface area contributed by atoms with Crippen molar-refractivity contribution < 1.29 is 38.0 Å². The molecule has 200 valence electrons. The van der Waals surface area contributed by atoms with Gasteiger partial charge in [0.25, 0.3) is 0 Å². The van der Waals surface area contributed by atoms with E-state index in [1.807, 2.05) is 20.8 Å². The van der Waals surface area contributed by atoms with Gasteiger partial charge in [-0.05, 0) is 26.3 Å². The zero-order valence-corrected chi connectivity index (χ0v) is 20.9. The molecule has 0 fully saturated rings. The Hall–Kier alpha value is -1.70. The second-order valence-corrected chi connectivity index (χ2v) is 7.81. The zero-order valence-electron chi connectivity index (χ0n) is 20.9. The van der Waals surface area contributed by atoms with E-state index in [0.29, 0.717) is 92.4 Å². The molecule has 13 heteroatoms. The van der Waals surface area contributed by atoms with Gasteiger partial charge < -0.3 is 43.8 Å². The van der Waals surface area contributed by atoms with Gasteiger partial charge in [-0.15, -0.1) is 0 Å². The van der Waals surface area contributed by atoms with Crippen LogP contribution in [-0.2, 0) is 33.2 Å². The smallest absolute Gasteiger partial charge is 0.407 e. The SMILES string of the molecule is CC(C)(C)OC(=O)NCCOCCOCCOCCNCCOCCOCCOCCN=[N+]=[N-]. The summed E-state index contributed by atoms with van der Waals surface area (Å²) in [4.78, 5) is 14.1. The minimum absolute atomic E-state index is 0.333. The predicted molar refractivity (Wildman–Crippen MR) is 126 cm³/mol. The van der Waals surface area contributed by atoms with Crippen LogP contribution in [0.5, 0.6) is 0 Å². The van der Waals surface area contributed by atoms with Crippen LogP contribution < -0.4 is 10.6 Å². The summed E-state index contributed by atoms with van der Waals surface area (Å²) >= 11 is 0. The molecule has 0 aromatic rings. The number of nitrogens with zero attached hydrogens (tertiary/aromatic N) is 3. The number of ether oxygens (including phenoxy) is 7. The lowest BCUT2D eigenvalue weighted by Crippen LogP contribution is -2.34. The Morgan fingerprint density at radius 2 is 1.12 bits per heavy atom. The van der Waals surface area contributed by atoms with E-state index in [4.69, 9.17) is 38.7 Å². The predicted octanol–water partition coefficient (Wildman–Crippen LogP) is 1.51. The zero-order chi connectivity index (χ0) is 25.2. The molecule has 0 aliphatic carbocycles. The molecule has 13 nitrogen and oxygen atoms in total. The first-order valence-electron chi connectivity index (χ1n) is 11.6. The van der Waals surface area contributed by atoms with E-state index in [9.17, 15) is 4.79 Å². The van der Waals surface area contributed by atoms with E-state index in [1.54, 1.807) is 0 Å². The molecule has 0 spiro atoms. The van der Waals surface area contributed by atoms with Crippen molar-refractivity contribution in [2.75, 3.05) is 105 Å². The van der Waals surface area contributed by atoms with Gasteiger partial charge in [0.2, 0.25) is 0 Å². The van der Waals surface area contributed by atoms with E-state index in [1.165, 1.54) is 0 Å². The van der Waals surface area contributed by atoms with Crippen LogP contribution in [0.3, 0.4) is 0 Å².